The highest BCUT2D eigenvalue weighted by atomic mass is 35.5. The van der Waals surface area contributed by atoms with E-state index in [4.69, 9.17) is 16.3 Å². The second-order valence-corrected chi connectivity index (χ2v) is 6.71. The molecule has 27 heavy (non-hydrogen) atoms. The molecular weight excluding hydrogens is 362 g/mol. The van der Waals surface area contributed by atoms with Crippen LogP contribution in [0.5, 0.6) is 5.75 Å². The first-order valence-electron chi connectivity index (χ1n) is 8.86. The molecule has 0 spiro atoms. The number of carbonyl (C=O) groups is 1. The van der Waals surface area contributed by atoms with E-state index < -0.39 is 0 Å². The number of benzene rings is 2. The minimum atomic E-state index is -0.0833. The van der Waals surface area contributed by atoms with E-state index in [0.29, 0.717) is 23.7 Å². The lowest BCUT2D eigenvalue weighted by Gasteiger charge is -2.09. The van der Waals surface area contributed by atoms with Gasteiger partial charge >= 0.3 is 0 Å². The molecule has 1 heterocycles. The van der Waals surface area contributed by atoms with E-state index >= 15 is 0 Å². The maximum absolute atomic E-state index is 12.3. The van der Waals surface area contributed by atoms with E-state index in [1.165, 1.54) is 0 Å². The average Bonchev–Trinajstić information content (AvgIpc) is 3.10. The van der Waals surface area contributed by atoms with Crippen molar-refractivity contribution in [3.8, 4) is 5.75 Å². The molecule has 0 saturated heterocycles. The van der Waals surface area contributed by atoms with Crippen LogP contribution in [0.4, 0.5) is 0 Å². The number of nitrogens with zero attached hydrogens (tertiary/aromatic N) is 2. The Bertz CT molecular complexity index is 890. The monoisotopic (exact) mass is 383 g/mol. The van der Waals surface area contributed by atoms with Crippen LogP contribution < -0.4 is 10.1 Å². The molecule has 0 unspecified atom stereocenters. The molecule has 140 valence electrons. The first-order valence-corrected chi connectivity index (χ1v) is 9.23. The van der Waals surface area contributed by atoms with Crippen LogP contribution in [0.3, 0.4) is 0 Å². The van der Waals surface area contributed by atoms with Crippen molar-refractivity contribution < 1.29 is 9.53 Å². The molecule has 5 nitrogen and oxygen atoms in total. The highest BCUT2D eigenvalue weighted by Gasteiger charge is 2.06. The van der Waals surface area contributed by atoms with Crippen molar-refractivity contribution in [1.29, 1.82) is 0 Å². The van der Waals surface area contributed by atoms with Crippen molar-refractivity contribution in [2.24, 2.45) is 0 Å². The molecule has 1 amide bonds. The van der Waals surface area contributed by atoms with Crippen molar-refractivity contribution in [3.05, 3.63) is 82.6 Å². The van der Waals surface area contributed by atoms with E-state index in [1.54, 1.807) is 18.2 Å². The van der Waals surface area contributed by atoms with Gasteiger partial charge in [-0.2, -0.15) is 5.10 Å². The summed E-state index contributed by atoms with van der Waals surface area (Å²) in [4.78, 5) is 12.3. The van der Waals surface area contributed by atoms with Crippen molar-refractivity contribution in [2.75, 3.05) is 6.54 Å². The highest BCUT2D eigenvalue weighted by Crippen LogP contribution is 2.17. The van der Waals surface area contributed by atoms with Gasteiger partial charge in [0.05, 0.1) is 5.69 Å². The van der Waals surface area contributed by atoms with Crippen molar-refractivity contribution in [3.63, 3.8) is 0 Å². The first kappa shape index (κ1) is 19.0. The van der Waals surface area contributed by atoms with Crippen LogP contribution in [0.1, 0.15) is 28.0 Å². The van der Waals surface area contributed by atoms with Gasteiger partial charge in [0.15, 0.2) is 0 Å². The lowest BCUT2D eigenvalue weighted by atomic mass is 10.1. The summed E-state index contributed by atoms with van der Waals surface area (Å²) in [6.07, 6.45) is 2.77. The highest BCUT2D eigenvalue weighted by molar-refractivity contribution is 6.30. The van der Waals surface area contributed by atoms with Gasteiger partial charge in [-0.15, -0.1) is 0 Å². The fraction of sp³-hybridized carbons (Fsp3) is 0.238. The second kappa shape index (κ2) is 9.24. The fourth-order valence-corrected chi connectivity index (χ4v) is 2.76. The Kier molecular flexibility index (Phi) is 6.49. The molecule has 6 heteroatoms. The maximum atomic E-state index is 12.3. The number of hydrogen-bond donors (Lipinski definition) is 1. The van der Waals surface area contributed by atoms with Gasteiger partial charge in [0, 0.05) is 29.9 Å². The summed E-state index contributed by atoms with van der Waals surface area (Å²) in [5.41, 5.74) is 2.56. The summed E-state index contributed by atoms with van der Waals surface area (Å²) in [7, 11) is 0. The number of aromatic nitrogens is 2. The summed E-state index contributed by atoms with van der Waals surface area (Å²) >= 11 is 5.87. The molecule has 0 bridgehead atoms. The van der Waals surface area contributed by atoms with Gasteiger partial charge in [0.25, 0.3) is 5.91 Å². The predicted molar refractivity (Wildman–Crippen MR) is 106 cm³/mol. The number of aryl methyl sites for hydroxylation is 2. The second-order valence-electron chi connectivity index (χ2n) is 6.27. The quantitative estimate of drug-likeness (QED) is 0.592. The van der Waals surface area contributed by atoms with Crippen LogP contribution in [-0.4, -0.2) is 22.2 Å². The topological polar surface area (TPSA) is 56.2 Å². The predicted octanol–water partition coefficient (Wildman–Crippen LogP) is 4.24. The molecule has 1 N–H and O–H groups in total. The Morgan fingerprint density at radius 1 is 1.19 bits per heavy atom. The Hall–Kier alpha value is -2.79. The SMILES string of the molecule is Cc1ccn(CCCNC(=O)c2cccc(COc3ccc(Cl)cc3)c2)n1. The summed E-state index contributed by atoms with van der Waals surface area (Å²) < 4.78 is 7.62. The molecule has 1 aromatic heterocycles. The third-order valence-corrected chi connectivity index (χ3v) is 4.28. The van der Waals surface area contributed by atoms with Gasteiger partial charge in [-0.1, -0.05) is 23.7 Å². The molecule has 0 aliphatic carbocycles. The summed E-state index contributed by atoms with van der Waals surface area (Å²) in [6, 6.07) is 16.6. The average molecular weight is 384 g/mol. The summed E-state index contributed by atoms with van der Waals surface area (Å²) in [5, 5.41) is 7.95. The number of nitrogens with one attached hydrogen (secondary N) is 1. The van der Waals surface area contributed by atoms with E-state index in [9.17, 15) is 4.79 Å². The zero-order valence-electron chi connectivity index (χ0n) is 15.2. The Morgan fingerprint density at radius 2 is 2.00 bits per heavy atom. The molecule has 2 aromatic carbocycles. The molecular formula is C21H22ClN3O2. The van der Waals surface area contributed by atoms with Crippen molar-refractivity contribution >= 4 is 17.5 Å². The first-order chi connectivity index (χ1) is 13.1. The van der Waals surface area contributed by atoms with Crippen LogP contribution in [-0.2, 0) is 13.2 Å². The van der Waals surface area contributed by atoms with E-state index in [-0.39, 0.29) is 5.91 Å². The Labute approximate surface area is 163 Å². The number of ether oxygens (including phenoxy) is 1. The summed E-state index contributed by atoms with van der Waals surface area (Å²) in [5.74, 6) is 0.656. The van der Waals surface area contributed by atoms with Gasteiger partial charge in [-0.05, 0) is 61.4 Å². The van der Waals surface area contributed by atoms with E-state index in [0.717, 1.165) is 30.0 Å². The minimum absolute atomic E-state index is 0.0833. The maximum Gasteiger partial charge on any atom is 0.251 e. The molecule has 0 radical (unpaired) electrons. The van der Waals surface area contributed by atoms with E-state index in [2.05, 4.69) is 10.4 Å². The third kappa shape index (κ3) is 5.86. The number of halogens is 1. The lowest BCUT2D eigenvalue weighted by molar-refractivity contribution is 0.0952. The minimum Gasteiger partial charge on any atom is -0.489 e. The largest absolute Gasteiger partial charge is 0.489 e. The van der Waals surface area contributed by atoms with Gasteiger partial charge in [-0.3, -0.25) is 9.48 Å². The normalized spacial score (nSPS) is 10.6. The molecule has 3 rings (SSSR count). The van der Waals surface area contributed by atoms with Gasteiger partial charge in [0.2, 0.25) is 0 Å². The van der Waals surface area contributed by atoms with Gasteiger partial charge in [-0.25, -0.2) is 0 Å². The van der Waals surface area contributed by atoms with Crippen LogP contribution in [0.2, 0.25) is 5.02 Å². The number of amides is 1. The van der Waals surface area contributed by atoms with Crippen molar-refractivity contribution in [1.82, 2.24) is 15.1 Å². The Morgan fingerprint density at radius 3 is 2.74 bits per heavy atom. The molecule has 0 fully saturated rings. The van der Waals surface area contributed by atoms with Crippen LogP contribution in [0.25, 0.3) is 0 Å². The molecule has 0 aliphatic heterocycles. The number of hydrogen-bond acceptors (Lipinski definition) is 3. The number of carbonyl (C=O) groups excluding carboxylic acids is 1. The van der Waals surface area contributed by atoms with Gasteiger partial charge < -0.3 is 10.1 Å². The molecule has 3 aromatic rings. The van der Waals surface area contributed by atoms with Crippen LogP contribution >= 0.6 is 11.6 Å². The summed E-state index contributed by atoms with van der Waals surface area (Å²) in [6.45, 7) is 3.73. The molecule has 0 aliphatic rings. The smallest absolute Gasteiger partial charge is 0.251 e. The van der Waals surface area contributed by atoms with Crippen molar-refractivity contribution in [2.45, 2.75) is 26.5 Å². The molecule has 0 atom stereocenters. The van der Waals surface area contributed by atoms with E-state index in [1.807, 2.05) is 54.2 Å². The lowest BCUT2D eigenvalue weighted by Crippen LogP contribution is -2.25. The number of rotatable bonds is 8. The molecule has 0 saturated carbocycles. The van der Waals surface area contributed by atoms with Crippen LogP contribution in [0.15, 0.2) is 60.8 Å². The zero-order chi connectivity index (χ0) is 19.1. The standard InChI is InChI=1S/C21H22ClN3O2/c1-16-10-13-25(24-16)12-3-11-23-21(26)18-5-2-4-17(14-18)15-27-20-8-6-19(22)7-9-20/h2,4-10,13-14H,3,11-12,15H2,1H3,(H,23,26). The fourth-order valence-electron chi connectivity index (χ4n) is 2.63. The zero-order valence-corrected chi connectivity index (χ0v) is 15.9. The Balaban J connectivity index is 1.47. The third-order valence-electron chi connectivity index (χ3n) is 4.03. The van der Waals surface area contributed by atoms with Crippen LogP contribution in [0, 0.1) is 6.92 Å². The van der Waals surface area contributed by atoms with Gasteiger partial charge in [0.1, 0.15) is 12.4 Å².